The molecular formula is C52H101NO3. The maximum Gasteiger partial charge on any atom is 0.220 e. The van der Waals surface area contributed by atoms with Gasteiger partial charge in [-0.1, -0.05) is 256 Å². The van der Waals surface area contributed by atoms with E-state index in [2.05, 4.69) is 43.5 Å². The summed E-state index contributed by atoms with van der Waals surface area (Å²) in [6, 6.07) is -0.531. The van der Waals surface area contributed by atoms with Crippen molar-refractivity contribution in [3.63, 3.8) is 0 Å². The van der Waals surface area contributed by atoms with E-state index in [-0.39, 0.29) is 12.5 Å². The van der Waals surface area contributed by atoms with Crippen molar-refractivity contribution in [3.8, 4) is 0 Å². The maximum atomic E-state index is 12.4. The molecule has 1 amide bonds. The number of unbranched alkanes of at least 4 members (excludes halogenated alkanes) is 36. The van der Waals surface area contributed by atoms with Crippen molar-refractivity contribution in [1.29, 1.82) is 0 Å². The van der Waals surface area contributed by atoms with E-state index in [1.54, 1.807) is 0 Å². The first-order valence-electron chi connectivity index (χ1n) is 25.5. The van der Waals surface area contributed by atoms with Crippen molar-refractivity contribution in [2.45, 2.75) is 296 Å². The van der Waals surface area contributed by atoms with Crippen molar-refractivity contribution >= 4 is 5.91 Å². The highest BCUT2D eigenvalue weighted by molar-refractivity contribution is 5.76. The van der Waals surface area contributed by atoms with E-state index in [1.807, 2.05) is 0 Å². The first kappa shape index (κ1) is 54.9. The Kier molecular flexibility index (Phi) is 47.3. The third-order valence-electron chi connectivity index (χ3n) is 12.0. The lowest BCUT2D eigenvalue weighted by atomic mass is 10.0. The lowest BCUT2D eigenvalue weighted by Crippen LogP contribution is -2.45. The Bertz CT molecular complexity index is 810. The fraction of sp³-hybridized carbons (Fsp3) is 0.904. The summed E-state index contributed by atoms with van der Waals surface area (Å²) in [5.74, 6) is -0.0280. The zero-order chi connectivity index (χ0) is 40.7. The Labute approximate surface area is 351 Å². The Balaban J connectivity index is 3.38. The van der Waals surface area contributed by atoms with E-state index >= 15 is 0 Å². The number of aliphatic hydroxyl groups is 2. The molecule has 0 rings (SSSR count). The number of aliphatic hydroxyl groups excluding tert-OH is 2. The summed E-state index contributed by atoms with van der Waals surface area (Å²) < 4.78 is 0. The molecule has 0 fully saturated rings. The van der Waals surface area contributed by atoms with Crippen LogP contribution in [-0.4, -0.2) is 34.9 Å². The molecule has 4 nitrogen and oxygen atoms in total. The van der Waals surface area contributed by atoms with E-state index in [9.17, 15) is 15.0 Å². The van der Waals surface area contributed by atoms with Gasteiger partial charge in [0.1, 0.15) is 0 Å². The smallest absolute Gasteiger partial charge is 0.220 e. The molecule has 3 N–H and O–H groups in total. The second-order valence-corrected chi connectivity index (χ2v) is 17.6. The predicted molar refractivity (Wildman–Crippen MR) is 249 cm³/mol. The molecule has 0 aromatic carbocycles. The molecule has 0 saturated carbocycles. The number of rotatable bonds is 47. The van der Waals surface area contributed by atoms with Crippen LogP contribution in [-0.2, 0) is 4.79 Å². The van der Waals surface area contributed by atoms with Crippen LogP contribution < -0.4 is 5.32 Å². The number of allylic oxidation sites excluding steroid dienone is 4. The van der Waals surface area contributed by atoms with Gasteiger partial charge in [-0.25, -0.2) is 0 Å². The van der Waals surface area contributed by atoms with E-state index in [4.69, 9.17) is 0 Å². The highest BCUT2D eigenvalue weighted by Crippen LogP contribution is 2.17. The molecule has 0 aliphatic heterocycles. The Morgan fingerprint density at radius 2 is 0.732 bits per heavy atom. The monoisotopic (exact) mass is 788 g/mol. The number of nitrogens with one attached hydrogen (secondary N) is 1. The molecule has 4 heteroatoms. The third-order valence-corrected chi connectivity index (χ3v) is 12.0. The van der Waals surface area contributed by atoms with Gasteiger partial charge in [0.15, 0.2) is 0 Å². The van der Waals surface area contributed by atoms with Crippen molar-refractivity contribution in [3.05, 3.63) is 24.3 Å². The molecule has 0 radical (unpaired) electrons. The summed E-state index contributed by atoms with van der Waals surface area (Å²) in [6.45, 7) is 4.35. The van der Waals surface area contributed by atoms with Crippen molar-refractivity contribution in [2.24, 2.45) is 0 Å². The van der Waals surface area contributed by atoms with Crippen molar-refractivity contribution < 1.29 is 15.0 Å². The molecule has 0 aliphatic rings. The van der Waals surface area contributed by atoms with Crippen LogP contribution >= 0.6 is 0 Å². The fourth-order valence-corrected chi connectivity index (χ4v) is 8.04. The van der Waals surface area contributed by atoms with Gasteiger partial charge in [0.25, 0.3) is 0 Å². The molecule has 2 atom stereocenters. The number of amides is 1. The first-order valence-corrected chi connectivity index (χ1v) is 25.5. The van der Waals surface area contributed by atoms with Crippen molar-refractivity contribution in [2.75, 3.05) is 6.61 Å². The molecule has 0 aromatic heterocycles. The van der Waals surface area contributed by atoms with Gasteiger partial charge in [-0.15, -0.1) is 0 Å². The molecule has 0 saturated heterocycles. The van der Waals surface area contributed by atoms with Gasteiger partial charge in [-0.05, 0) is 44.9 Å². The van der Waals surface area contributed by atoms with Gasteiger partial charge in [-0.2, -0.15) is 0 Å². The zero-order valence-corrected chi connectivity index (χ0v) is 38.2. The largest absolute Gasteiger partial charge is 0.394 e. The quantitative estimate of drug-likeness (QED) is 0.0425. The molecule has 0 aliphatic carbocycles. The van der Waals surface area contributed by atoms with Crippen LogP contribution in [0.15, 0.2) is 24.3 Å². The normalized spacial score (nSPS) is 13.0. The minimum Gasteiger partial charge on any atom is -0.394 e. The molecule has 0 aromatic rings. The topological polar surface area (TPSA) is 69.6 Å². The van der Waals surface area contributed by atoms with Crippen LogP contribution in [0.3, 0.4) is 0 Å². The van der Waals surface area contributed by atoms with Crippen LogP contribution in [0.5, 0.6) is 0 Å². The summed E-state index contributed by atoms with van der Waals surface area (Å²) in [6.07, 6.45) is 63.0. The maximum absolute atomic E-state index is 12.4. The Morgan fingerprint density at radius 3 is 1.07 bits per heavy atom. The summed E-state index contributed by atoms with van der Waals surface area (Å²) in [7, 11) is 0. The minimum absolute atomic E-state index is 0.0280. The Morgan fingerprint density at radius 1 is 0.429 bits per heavy atom. The molecular weight excluding hydrogens is 687 g/mol. The summed E-state index contributed by atoms with van der Waals surface area (Å²) in [5.41, 5.74) is 0. The van der Waals surface area contributed by atoms with Gasteiger partial charge in [-0.3, -0.25) is 4.79 Å². The number of hydrogen-bond donors (Lipinski definition) is 3. The third kappa shape index (κ3) is 44.0. The van der Waals surface area contributed by atoms with Crippen LogP contribution in [0.2, 0.25) is 0 Å². The SMILES string of the molecule is CCCCCCC/C=C\C/C=C\CCCCCCCCCCCCCCCCCCCCCCCC(=O)NC(CO)C(O)CCCCCCCCCCCCC. The van der Waals surface area contributed by atoms with Crippen LogP contribution in [0, 0.1) is 0 Å². The molecule has 0 bridgehead atoms. The lowest BCUT2D eigenvalue weighted by molar-refractivity contribution is -0.123. The molecule has 56 heavy (non-hydrogen) atoms. The summed E-state index contributed by atoms with van der Waals surface area (Å²) in [4.78, 5) is 12.4. The highest BCUT2D eigenvalue weighted by Gasteiger charge is 2.20. The molecule has 2 unspecified atom stereocenters. The zero-order valence-electron chi connectivity index (χ0n) is 38.2. The van der Waals surface area contributed by atoms with Crippen molar-refractivity contribution in [1.82, 2.24) is 5.32 Å². The number of carbonyl (C=O) groups excluding carboxylic acids is 1. The number of carbonyl (C=O) groups is 1. The van der Waals surface area contributed by atoms with E-state index in [1.165, 1.54) is 225 Å². The van der Waals surface area contributed by atoms with Gasteiger partial charge in [0, 0.05) is 6.42 Å². The molecule has 0 heterocycles. The average Bonchev–Trinajstić information content (AvgIpc) is 3.20. The molecule has 0 spiro atoms. The van der Waals surface area contributed by atoms with Crippen LogP contribution in [0.4, 0.5) is 0 Å². The van der Waals surface area contributed by atoms with E-state index < -0.39 is 12.1 Å². The fourth-order valence-electron chi connectivity index (χ4n) is 8.04. The van der Waals surface area contributed by atoms with E-state index in [0.29, 0.717) is 12.8 Å². The summed E-state index contributed by atoms with van der Waals surface area (Å²) >= 11 is 0. The van der Waals surface area contributed by atoms with Crippen LogP contribution in [0.25, 0.3) is 0 Å². The summed E-state index contributed by atoms with van der Waals surface area (Å²) in [5, 5.41) is 23.1. The Hall–Kier alpha value is -1.13. The van der Waals surface area contributed by atoms with Gasteiger partial charge in [0.05, 0.1) is 18.8 Å². The van der Waals surface area contributed by atoms with Gasteiger partial charge >= 0.3 is 0 Å². The highest BCUT2D eigenvalue weighted by atomic mass is 16.3. The average molecular weight is 788 g/mol. The lowest BCUT2D eigenvalue weighted by Gasteiger charge is -2.22. The predicted octanol–water partition coefficient (Wildman–Crippen LogP) is 16.4. The number of hydrogen-bond acceptors (Lipinski definition) is 3. The first-order chi connectivity index (χ1) is 27.7. The molecule has 332 valence electrons. The minimum atomic E-state index is -0.654. The van der Waals surface area contributed by atoms with E-state index in [0.717, 1.165) is 32.1 Å². The van der Waals surface area contributed by atoms with Gasteiger partial charge in [0.2, 0.25) is 5.91 Å². The standard InChI is InChI=1S/C52H101NO3/c1-3-5-7-9-11-13-15-16-17-18-19-20-21-22-23-24-25-26-27-28-29-30-31-32-33-34-35-36-38-40-42-44-46-48-52(56)53-50(49-54)51(55)47-45-43-41-39-37-14-12-10-8-6-4-2/h15-16,18-19,50-51,54-55H,3-14,17,20-49H2,1-2H3,(H,53,56)/b16-15-,19-18-. The van der Waals surface area contributed by atoms with Gasteiger partial charge < -0.3 is 15.5 Å². The van der Waals surface area contributed by atoms with Crippen LogP contribution in [0.1, 0.15) is 284 Å². The second-order valence-electron chi connectivity index (χ2n) is 17.6. The second kappa shape index (κ2) is 48.2.